The highest BCUT2D eigenvalue weighted by Crippen LogP contribution is 2.67. The Kier molecular flexibility index (Phi) is 10.1. The maximum absolute atomic E-state index is 15.1. The number of carbonyl (C=O) groups excluding carboxylic acids is 4. The van der Waals surface area contributed by atoms with E-state index in [1.54, 1.807) is 13.8 Å². The lowest BCUT2D eigenvalue weighted by Gasteiger charge is -2.57. The Morgan fingerprint density at radius 3 is 1.80 bits per heavy atom. The van der Waals surface area contributed by atoms with Crippen LogP contribution >= 0.6 is 0 Å². The number of aliphatic hydroxyl groups excluding tert-OH is 6. The summed E-state index contributed by atoms with van der Waals surface area (Å²) in [6.07, 6.45) is -15.2. The number of rotatable bonds is 8. The van der Waals surface area contributed by atoms with Crippen LogP contribution in [0.25, 0.3) is 16.3 Å². The Morgan fingerprint density at radius 2 is 1.21 bits per heavy atom. The van der Waals surface area contributed by atoms with Gasteiger partial charge in [0.25, 0.3) is 0 Å². The fourth-order valence-electron chi connectivity index (χ4n) is 12.3. The first kappa shape index (κ1) is 45.7. The molecule has 13 atom stereocenters. The summed E-state index contributed by atoms with van der Waals surface area (Å²) >= 11 is 0. The Bertz CT molecular complexity index is 2760. The van der Waals surface area contributed by atoms with Crippen LogP contribution in [0.4, 0.5) is 0 Å². The third-order valence-electron chi connectivity index (χ3n) is 15.2. The fraction of sp³-hybridized carbons (Fsp3) is 0.511. The van der Waals surface area contributed by atoms with E-state index >= 15 is 4.79 Å². The van der Waals surface area contributed by atoms with Crippen molar-refractivity contribution in [1.29, 1.82) is 0 Å². The predicted octanol–water partition coefficient (Wildman–Crippen LogP) is -0.920. The second-order valence-electron chi connectivity index (χ2n) is 18.0. The third kappa shape index (κ3) is 4.87. The summed E-state index contributed by atoms with van der Waals surface area (Å²) in [6.45, 7) is 3.16. The van der Waals surface area contributed by atoms with E-state index in [0.717, 1.165) is 21.3 Å². The van der Waals surface area contributed by atoms with Crippen molar-refractivity contribution in [2.45, 2.75) is 111 Å². The number of fused-ring (bicyclic) bond motifs is 6. The number of allylic oxidation sites excluding steroid dienone is 2. The van der Waals surface area contributed by atoms with E-state index in [-0.39, 0.29) is 36.0 Å². The quantitative estimate of drug-likeness (QED) is 0.122. The molecule has 0 amide bonds. The molecule has 3 aromatic carbocycles. The molecule has 3 aromatic rings. The minimum atomic E-state index is -3.05. The van der Waals surface area contributed by atoms with Gasteiger partial charge in [0.2, 0.25) is 23.1 Å². The minimum Gasteiger partial charge on any atom is -0.507 e. The number of hydrogen-bond donors (Lipinski definition) is 13. The molecular weight excluding hydrogens is 876 g/mol. The highest BCUT2D eigenvalue weighted by Gasteiger charge is 2.80. The Balaban J connectivity index is 1.29. The third-order valence-corrected chi connectivity index (χ3v) is 15.2. The summed E-state index contributed by atoms with van der Waals surface area (Å²) in [7, 11) is 3.09. The maximum Gasteiger partial charge on any atom is 0.232 e. The molecule has 21 nitrogen and oxygen atoms in total. The summed E-state index contributed by atoms with van der Waals surface area (Å²) in [5.41, 5.74) is -17.2. The summed E-state index contributed by atoms with van der Waals surface area (Å²) < 4.78 is 22.9. The van der Waals surface area contributed by atoms with Crippen LogP contribution in [-0.2, 0) is 15.9 Å². The molecule has 1 aliphatic heterocycles. The van der Waals surface area contributed by atoms with Gasteiger partial charge >= 0.3 is 0 Å². The summed E-state index contributed by atoms with van der Waals surface area (Å²) in [4.78, 5) is 59.0. The van der Waals surface area contributed by atoms with E-state index in [2.05, 4.69) is 0 Å². The fourth-order valence-corrected chi connectivity index (χ4v) is 12.3. The zero-order valence-electron chi connectivity index (χ0n) is 35.9. The zero-order chi connectivity index (χ0) is 48.4. The number of ether oxygens (including phenoxy) is 4. The molecular formula is C45H48O21. The molecule has 0 aromatic heterocycles. The van der Waals surface area contributed by atoms with Crippen molar-refractivity contribution in [3.63, 3.8) is 0 Å². The van der Waals surface area contributed by atoms with Crippen molar-refractivity contribution < 1.29 is 105 Å². The Labute approximate surface area is 372 Å². The lowest BCUT2D eigenvalue weighted by atomic mass is 9.54. The van der Waals surface area contributed by atoms with Gasteiger partial charge in [-0.2, -0.15) is 0 Å². The number of Topliss-reactive ketones (excluding diaryl/α,β-unsaturated/α-hetero) is 4. The molecule has 0 spiro atoms. The summed E-state index contributed by atoms with van der Waals surface area (Å²) in [5.74, 6) is -15.6. The predicted molar refractivity (Wildman–Crippen MR) is 219 cm³/mol. The molecule has 4 bridgehead atoms. The van der Waals surface area contributed by atoms with Crippen LogP contribution in [0, 0.1) is 11.8 Å². The number of benzene rings is 3. The van der Waals surface area contributed by atoms with E-state index in [4.69, 9.17) is 18.9 Å². The molecule has 21 heteroatoms. The topological polar surface area (TPSA) is 368 Å². The molecule has 354 valence electrons. The molecule has 3 fully saturated rings. The van der Waals surface area contributed by atoms with Crippen molar-refractivity contribution in [3.8, 4) is 34.5 Å². The van der Waals surface area contributed by atoms with Crippen LogP contribution in [0.1, 0.15) is 104 Å². The molecule has 1 heterocycles. The average Bonchev–Trinajstić information content (AvgIpc) is 3.45. The highest BCUT2D eigenvalue weighted by molar-refractivity contribution is 6.43. The number of hydrogen-bond acceptors (Lipinski definition) is 21. The van der Waals surface area contributed by atoms with Crippen molar-refractivity contribution in [2.75, 3.05) is 21.3 Å². The SMILES string of the molecule is CCCC1(O)C(O)C(O)C(O)C2Cc3cc4c(OC)c(OC)c(C5=C(OC)C(=O)c6c(O)c7c(c(O)c6C5=O)C(=O)C5(O)C6C7OC5(CCC)C(O)C(O)C6O)c(O)c4c(O)c3C(=O)C21O. The Hall–Kier alpha value is -5.46. The van der Waals surface area contributed by atoms with Gasteiger partial charge in [0.05, 0.1) is 84.3 Å². The van der Waals surface area contributed by atoms with Gasteiger partial charge in [-0.1, -0.05) is 26.7 Å². The monoisotopic (exact) mass is 924 g/mol. The first-order valence-corrected chi connectivity index (χ1v) is 21.2. The van der Waals surface area contributed by atoms with Crippen LogP contribution < -0.4 is 9.47 Å². The van der Waals surface area contributed by atoms with Gasteiger partial charge in [0.15, 0.2) is 28.5 Å². The molecule has 9 rings (SSSR count). The van der Waals surface area contributed by atoms with Gasteiger partial charge in [-0.25, -0.2) is 0 Å². The first-order chi connectivity index (χ1) is 31.0. The first-order valence-electron chi connectivity index (χ1n) is 21.2. The van der Waals surface area contributed by atoms with Gasteiger partial charge in [0, 0.05) is 16.9 Å². The number of ketones is 4. The standard InChI is InChI=1S/C45H48O21/c1-6-8-42(60)40(58)32(54)24(46)14-11-12-10-13-16(25(47)15(12)38(56)44(14,42)61)26(48)20(37(65-5)34(13)63-3)19-27(49)17-18(30(52)36(19)64-4)28(50)21-22(29(17)51)39(57)45(62)23-31(53)33(55)41(59)43(45,9-7-2)66-35(21)23/h10,14,23-24,31-33,35,40-41,46-48,50-51,53-55,58-62H,6-9,11H2,1-5H3. The lowest BCUT2D eigenvalue weighted by molar-refractivity contribution is -0.282. The normalized spacial score (nSPS) is 36.5. The number of carbonyl (C=O) groups is 4. The van der Waals surface area contributed by atoms with Gasteiger partial charge < -0.3 is 85.3 Å². The van der Waals surface area contributed by atoms with Crippen LogP contribution in [-0.4, -0.2) is 170 Å². The molecule has 2 saturated carbocycles. The van der Waals surface area contributed by atoms with Gasteiger partial charge in [-0.05, 0) is 30.9 Å². The maximum atomic E-state index is 15.1. The average molecular weight is 925 g/mol. The van der Waals surface area contributed by atoms with Crippen LogP contribution in [0.3, 0.4) is 0 Å². The summed E-state index contributed by atoms with van der Waals surface area (Å²) in [6, 6.07) is 1.21. The lowest BCUT2D eigenvalue weighted by Crippen LogP contribution is -2.79. The zero-order valence-corrected chi connectivity index (χ0v) is 35.9. The van der Waals surface area contributed by atoms with Crippen LogP contribution in [0.5, 0.6) is 34.5 Å². The number of methoxy groups -OCH3 is 3. The number of phenolic OH excluding ortho intramolecular Hbond substituents is 4. The molecule has 0 radical (unpaired) electrons. The van der Waals surface area contributed by atoms with Gasteiger partial charge in [-0.15, -0.1) is 0 Å². The Morgan fingerprint density at radius 1 is 0.636 bits per heavy atom. The molecule has 13 unspecified atom stereocenters. The van der Waals surface area contributed by atoms with Gasteiger partial charge in [0.1, 0.15) is 58.6 Å². The van der Waals surface area contributed by atoms with Crippen LogP contribution in [0.15, 0.2) is 11.8 Å². The van der Waals surface area contributed by atoms with Crippen molar-refractivity contribution in [2.24, 2.45) is 11.8 Å². The molecule has 5 aliphatic carbocycles. The van der Waals surface area contributed by atoms with Crippen molar-refractivity contribution in [1.82, 2.24) is 0 Å². The second kappa shape index (κ2) is 14.5. The minimum absolute atomic E-state index is 0.0548. The van der Waals surface area contributed by atoms with E-state index in [1.807, 2.05) is 0 Å². The van der Waals surface area contributed by atoms with E-state index in [9.17, 15) is 80.8 Å². The smallest absolute Gasteiger partial charge is 0.232 e. The molecule has 6 aliphatic rings. The largest absolute Gasteiger partial charge is 0.507 e. The van der Waals surface area contributed by atoms with Gasteiger partial charge in [-0.3, -0.25) is 19.2 Å². The number of phenols is 4. The second-order valence-corrected chi connectivity index (χ2v) is 18.0. The van der Waals surface area contributed by atoms with Crippen molar-refractivity contribution >= 4 is 39.5 Å². The van der Waals surface area contributed by atoms with E-state index in [0.29, 0.717) is 0 Å². The molecule has 1 saturated heterocycles. The van der Waals surface area contributed by atoms with E-state index in [1.165, 1.54) is 6.07 Å². The molecule has 13 N–H and O–H groups in total. The number of aliphatic hydroxyl groups is 9. The number of aromatic hydroxyl groups is 4. The molecule has 66 heavy (non-hydrogen) atoms. The van der Waals surface area contributed by atoms with Crippen molar-refractivity contribution in [3.05, 3.63) is 50.8 Å². The summed E-state index contributed by atoms with van der Waals surface area (Å²) in [5, 5.41) is 150. The highest BCUT2D eigenvalue weighted by atomic mass is 16.6. The van der Waals surface area contributed by atoms with E-state index < -0.39 is 192 Å². The van der Waals surface area contributed by atoms with Crippen LogP contribution in [0.2, 0.25) is 0 Å².